The molecule has 0 unspecified atom stereocenters. The van der Waals surface area contributed by atoms with Crippen LogP contribution in [0.25, 0.3) is 0 Å². The Bertz CT molecular complexity index is 445. The Hall–Kier alpha value is -1.33. The van der Waals surface area contributed by atoms with Gasteiger partial charge in [-0.25, -0.2) is 0 Å². The van der Waals surface area contributed by atoms with Crippen molar-refractivity contribution in [2.24, 2.45) is 5.73 Å². The second-order valence-corrected chi connectivity index (χ2v) is 4.96. The minimum absolute atomic E-state index is 0.00433. The number of nitro benzene ring substituents is 1. The van der Waals surface area contributed by atoms with Crippen LogP contribution in [-0.4, -0.2) is 17.1 Å². The van der Waals surface area contributed by atoms with Crippen LogP contribution in [0.4, 0.5) is 5.69 Å². The number of nitrogens with zero attached hydrogens (tertiary/aromatic N) is 1. The number of ether oxygens (including phenoxy) is 1. The molecule has 5 nitrogen and oxygen atoms in total. The summed E-state index contributed by atoms with van der Waals surface area (Å²) in [5.74, 6) is 0.282. The number of benzene rings is 1. The Morgan fingerprint density at radius 3 is 2.61 bits per heavy atom. The van der Waals surface area contributed by atoms with Crippen LogP contribution in [0.1, 0.15) is 25.7 Å². The lowest BCUT2D eigenvalue weighted by molar-refractivity contribution is -0.386. The lowest BCUT2D eigenvalue weighted by atomic mass is 9.94. The molecule has 1 aliphatic carbocycles. The fraction of sp³-hybridized carbons (Fsp3) is 0.500. The maximum atomic E-state index is 10.9. The molecule has 0 heterocycles. The molecule has 0 saturated heterocycles. The summed E-state index contributed by atoms with van der Waals surface area (Å²) in [7, 11) is 0. The van der Waals surface area contributed by atoms with E-state index in [2.05, 4.69) is 0 Å². The van der Waals surface area contributed by atoms with E-state index in [0.29, 0.717) is 5.02 Å². The fourth-order valence-electron chi connectivity index (χ4n) is 2.12. The lowest BCUT2D eigenvalue weighted by Crippen LogP contribution is -2.31. The number of rotatable bonds is 3. The van der Waals surface area contributed by atoms with Gasteiger partial charge in [-0.2, -0.15) is 0 Å². The zero-order valence-corrected chi connectivity index (χ0v) is 10.6. The average molecular weight is 271 g/mol. The summed E-state index contributed by atoms with van der Waals surface area (Å²) in [6, 6.07) is 4.68. The lowest BCUT2D eigenvalue weighted by Gasteiger charge is -2.26. The zero-order chi connectivity index (χ0) is 13.1. The highest BCUT2D eigenvalue weighted by atomic mass is 35.5. The van der Waals surface area contributed by atoms with Gasteiger partial charge in [0.15, 0.2) is 5.75 Å². The Balaban J connectivity index is 2.11. The Morgan fingerprint density at radius 2 is 2.00 bits per heavy atom. The maximum absolute atomic E-state index is 10.9. The fourth-order valence-corrected chi connectivity index (χ4v) is 2.29. The average Bonchev–Trinajstić information content (AvgIpc) is 2.34. The van der Waals surface area contributed by atoms with Gasteiger partial charge in [0.25, 0.3) is 0 Å². The number of halogens is 1. The molecule has 1 saturated carbocycles. The molecule has 0 radical (unpaired) electrons. The van der Waals surface area contributed by atoms with Gasteiger partial charge in [-0.15, -0.1) is 0 Å². The highest BCUT2D eigenvalue weighted by Crippen LogP contribution is 2.32. The van der Waals surface area contributed by atoms with Gasteiger partial charge in [0.05, 0.1) is 11.0 Å². The van der Waals surface area contributed by atoms with Crippen LogP contribution in [0.15, 0.2) is 18.2 Å². The number of nitro groups is 1. The van der Waals surface area contributed by atoms with Gasteiger partial charge >= 0.3 is 5.69 Å². The van der Waals surface area contributed by atoms with Crippen LogP contribution in [0.5, 0.6) is 5.75 Å². The molecule has 0 atom stereocenters. The van der Waals surface area contributed by atoms with Crippen LogP contribution in [-0.2, 0) is 0 Å². The van der Waals surface area contributed by atoms with Gasteiger partial charge in [-0.3, -0.25) is 10.1 Å². The molecule has 18 heavy (non-hydrogen) atoms. The third kappa shape index (κ3) is 3.11. The molecule has 1 aromatic rings. The summed E-state index contributed by atoms with van der Waals surface area (Å²) < 4.78 is 5.70. The largest absolute Gasteiger partial charge is 0.484 e. The van der Waals surface area contributed by atoms with Crippen molar-refractivity contribution in [1.29, 1.82) is 0 Å². The quantitative estimate of drug-likeness (QED) is 0.677. The van der Waals surface area contributed by atoms with E-state index in [1.807, 2.05) is 0 Å². The second-order valence-electron chi connectivity index (χ2n) is 4.52. The van der Waals surface area contributed by atoms with Crippen LogP contribution in [0.3, 0.4) is 0 Å². The summed E-state index contributed by atoms with van der Waals surface area (Å²) in [5, 5.41) is 11.2. The van der Waals surface area contributed by atoms with Crippen molar-refractivity contribution < 1.29 is 9.66 Å². The highest BCUT2D eigenvalue weighted by molar-refractivity contribution is 6.30. The molecule has 1 aliphatic rings. The monoisotopic (exact) mass is 270 g/mol. The van der Waals surface area contributed by atoms with Crippen molar-refractivity contribution in [1.82, 2.24) is 0 Å². The number of hydrogen-bond donors (Lipinski definition) is 1. The predicted octanol–water partition coefficient (Wildman–Crippen LogP) is 2.90. The molecule has 0 spiro atoms. The van der Waals surface area contributed by atoms with Crippen molar-refractivity contribution in [3.05, 3.63) is 33.3 Å². The van der Waals surface area contributed by atoms with Crippen LogP contribution < -0.4 is 10.5 Å². The minimum atomic E-state index is -0.476. The molecule has 1 aromatic carbocycles. The molecular weight excluding hydrogens is 256 g/mol. The van der Waals surface area contributed by atoms with Gasteiger partial charge in [0.2, 0.25) is 0 Å². The van der Waals surface area contributed by atoms with Crippen LogP contribution >= 0.6 is 11.6 Å². The number of nitrogens with two attached hydrogens (primary N) is 1. The molecule has 0 amide bonds. The molecule has 2 rings (SSSR count). The highest BCUT2D eigenvalue weighted by Gasteiger charge is 2.23. The third-order valence-corrected chi connectivity index (χ3v) is 3.37. The summed E-state index contributed by atoms with van der Waals surface area (Å²) in [4.78, 5) is 10.4. The first-order chi connectivity index (χ1) is 8.56. The Kier molecular flexibility index (Phi) is 4.04. The van der Waals surface area contributed by atoms with Crippen molar-refractivity contribution in [2.45, 2.75) is 37.8 Å². The Labute approximate surface area is 110 Å². The first-order valence-corrected chi connectivity index (χ1v) is 6.30. The van der Waals surface area contributed by atoms with Gasteiger partial charge in [-0.05, 0) is 37.8 Å². The van der Waals surface area contributed by atoms with Gasteiger partial charge < -0.3 is 10.5 Å². The molecule has 0 aromatic heterocycles. The normalized spacial score (nSPS) is 23.7. The van der Waals surface area contributed by atoms with Crippen molar-refractivity contribution in [2.75, 3.05) is 0 Å². The van der Waals surface area contributed by atoms with E-state index < -0.39 is 4.92 Å². The summed E-state index contributed by atoms with van der Waals surface area (Å²) in [6.45, 7) is 0. The first kappa shape index (κ1) is 13.1. The standard InChI is InChI=1S/C12H15ClN2O3/c13-8-1-6-12(11(7-8)15(16)17)18-10-4-2-9(14)3-5-10/h1,6-7,9-10H,2-5,14H2. The number of hydrogen-bond acceptors (Lipinski definition) is 4. The molecule has 0 aliphatic heterocycles. The maximum Gasteiger partial charge on any atom is 0.312 e. The molecule has 1 fully saturated rings. The summed E-state index contributed by atoms with van der Waals surface area (Å²) >= 11 is 5.75. The second kappa shape index (κ2) is 5.54. The molecule has 2 N–H and O–H groups in total. The third-order valence-electron chi connectivity index (χ3n) is 3.13. The van der Waals surface area contributed by atoms with Crippen LogP contribution in [0.2, 0.25) is 5.02 Å². The SMILES string of the molecule is NC1CCC(Oc2ccc(Cl)cc2[N+](=O)[O-])CC1. The van der Waals surface area contributed by atoms with E-state index in [0.717, 1.165) is 25.7 Å². The van der Waals surface area contributed by atoms with Gasteiger partial charge in [0, 0.05) is 17.1 Å². The zero-order valence-electron chi connectivity index (χ0n) is 9.84. The van der Waals surface area contributed by atoms with E-state index in [1.54, 1.807) is 12.1 Å². The van der Waals surface area contributed by atoms with E-state index in [-0.39, 0.29) is 23.6 Å². The van der Waals surface area contributed by atoms with E-state index in [1.165, 1.54) is 6.07 Å². The molecule has 98 valence electrons. The van der Waals surface area contributed by atoms with Gasteiger partial charge in [0.1, 0.15) is 0 Å². The molecule has 6 heteroatoms. The van der Waals surface area contributed by atoms with E-state index in [9.17, 15) is 10.1 Å². The predicted molar refractivity (Wildman–Crippen MR) is 69.0 cm³/mol. The van der Waals surface area contributed by atoms with E-state index >= 15 is 0 Å². The first-order valence-electron chi connectivity index (χ1n) is 5.92. The molecule has 0 bridgehead atoms. The topological polar surface area (TPSA) is 78.4 Å². The summed E-state index contributed by atoms with van der Waals surface area (Å²) in [6.07, 6.45) is 3.46. The van der Waals surface area contributed by atoms with Crippen molar-refractivity contribution >= 4 is 17.3 Å². The minimum Gasteiger partial charge on any atom is -0.484 e. The van der Waals surface area contributed by atoms with Crippen molar-refractivity contribution in [3.63, 3.8) is 0 Å². The van der Waals surface area contributed by atoms with Crippen molar-refractivity contribution in [3.8, 4) is 5.75 Å². The molecular formula is C12H15ClN2O3. The van der Waals surface area contributed by atoms with E-state index in [4.69, 9.17) is 22.1 Å². The smallest absolute Gasteiger partial charge is 0.312 e. The Morgan fingerprint density at radius 1 is 1.33 bits per heavy atom. The van der Waals surface area contributed by atoms with Crippen LogP contribution in [0, 0.1) is 10.1 Å². The summed E-state index contributed by atoms with van der Waals surface area (Å²) in [5.41, 5.74) is 5.72. The van der Waals surface area contributed by atoms with Gasteiger partial charge in [-0.1, -0.05) is 11.6 Å².